The summed E-state index contributed by atoms with van der Waals surface area (Å²) in [6.07, 6.45) is 0. The molecule has 0 amide bonds. The van der Waals surface area contributed by atoms with Gasteiger partial charge in [-0.05, 0) is 207 Å². The van der Waals surface area contributed by atoms with Gasteiger partial charge in [-0.25, -0.2) is 0 Å². The van der Waals surface area contributed by atoms with Gasteiger partial charge in [0.25, 0.3) is 0 Å². The average Bonchev–Trinajstić information content (AvgIpc) is 4.18. The Kier molecular flexibility index (Phi) is 8.17. The SMILES string of the molecule is CC(C)(C)c1cc2ccc3c(-c4ccc5oc6ccc(-c7ccc8ccc9cccc%10ccc7c8c9%10)cc6c5c4)cc(-c4ccc5oc6ccc(-c7ccc8ccc9cccc%10ccc7c8c9%10)cc6c5c4)c4ccc(c1)c2c34. The fourth-order valence-corrected chi connectivity index (χ4v) is 14.0. The van der Waals surface area contributed by atoms with Crippen molar-refractivity contribution in [2.45, 2.75) is 26.2 Å². The van der Waals surface area contributed by atoms with Crippen LogP contribution < -0.4 is 0 Å². The first-order valence-corrected chi connectivity index (χ1v) is 27.3. The number of rotatable bonds is 4. The standard InChI is InChI=1S/C76H46O2/c1-76(2,3)53-34-51-18-28-58-60(49-22-32-68-64(38-49)62-36-47(20-30-66(62)77-68)54-24-14-45-12-10-41-6-4-8-43-16-26-56(54)73(45)70(41)43)40-61(59-29-19-52(35-53)72(51)75(58)59)50-23-33-69-65(39-50)63-37-48(21-31-67(63)78-69)55-25-15-46-13-11-42-7-5-9-44-17-27-57(55)74(46)71(42)44/h4-40H,1-3H3. The number of fused-ring (bicyclic) bond motifs is 6. The van der Waals surface area contributed by atoms with Gasteiger partial charge in [0.2, 0.25) is 0 Å². The monoisotopic (exact) mass is 990 g/mol. The smallest absolute Gasteiger partial charge is 0.135 e. The highest BCUT2D eigenvalue weighted by Crippen LogP contribution is 2.49. The minimum absolute atomic E-state index is 0.00596. The summed E-state index contributed by atoms with van der Waals surface area (Å²) in [4.78, 5) is 0. The molecule has 18 aromatic rings. The van der Waals surface area contributed by atoms with Gasteiger partial charge >= 0.3 is 0 Å². The maximum absolute atomic E-state index is 6.67. The molecular formula is C76H46O2. The lowest BCUT2D eigenvalue weighted by molar-refractivity contribution is 0.591. The minimum Gasteiger partial charge on any atom is -0.456 e. The lowest BCUT2D eigenvalue weighted by Crippen LogP contribution is -2.10. The Bertz CT molecular complexity index is 5240. The van der Waals surface area contributed by atoms with Gasteiger partial charge in [-0.1, -0.05) is 191 Å². The van der Waals surface area contributed by atoms with Gasteiger partial charge in [-0.3, -0.25) is 0 Å². The van der Waals surface area contributed by atoms with Gasteiger partial charge in [0.15, 0.2) is 0 Å². The van der Waals surface area contributed by atoms with Crippen LogP contribution in [0, 0.1) is 0 Å². The topological polar surface area (TPSA) is 26.3 Å². The van der Waals surface area contributed by atoms with E-state index in [1.165, 1.54) is 136 Å². The second kappa shape index (κ2) is 15.0. The molecule has 0 spiro atoms. The van der Waals surface area contributed by atoms with Crippen LogP contribution >= 0.6 is 0 Å². The molecule has 0 aliphatic heterocycles. The van der Waals surface area contributed by atoms with Crippen LogP contribution in [-0.2, 0) is 5.41 Å². The molecule has 0 fully saturated rings. The summed E-state index contributed by atoms with van der Waals surface area (Å²) < 4.78 is 13.3. The third-order valence-corrected chi connectivity index (χ3v) is 17.8. The van der Waals surface area contributed by atoms with Crippen LogP contribution in [0.25, 0.3) is 185 Å². The van der Waals surface area contributed by atoms with Crippen molar-refractivity contribution < 1.29 is 8.83 Å². The number of hydrogen-bond donors (Lipinski definition) is 0. The Morgan fingerprint density at radius 2 is 0.538 bits per heavy atom. The first kappa shape index (κ1) is 42.5. The zero-order valence-electron chi connectivity index (χ0n) is 43.2. The first-order valence-electron chi connectivity index (χ1n) is 27.3. The number of hydrogen-bond acceptors (Lipinski definition) is 2. The summed E-state index contributed by atoms with van der Waals surface area (Å²) in [5.41, 5.74) is 14.4. The van der Waals surface area contributed by atoms with E-state index in [4.69, 9.17) is 8.83 Å². The van der Waals surface area contributed by atoms with E-state index in [0.717, 1.165) is 55.0 Å². The second-order valence-corrected chi connectivity index (χ2v) is 23.1. The van der Waals surface area contributed by atoms with E-state index in [9.17, 15) is 0 Å². The Labute approximate surface area is 448 Å². The zero-order chi connectivity index (χ0) is 51.3. The molecule has 362 valence electrons. The first-order chi connectivity index (χ1) is 38.2. The highest BCUT2D eigenvalue weighted by molar-refractivity contribution is 6.30. The molecule has 0 aliphatic carbocycles. The molecule has 78 heavy (non-hydrogen) atoms. The summed E-state index contributed by atoms with van der Waals surface area (Å²) in [5, 5.41) is 27.5. The minimum atomic E-state index is 0.00596. The summed E-state index contributed by atoms with van der Waals surface area (Å²) in [5.74, 6) is 0. The predicted molar refractivity (Wildman–Crippen MR) is 333 cm³/mol. The van der Waals surface area contributed by atoms with Gasteiger partial charge in [0, 0.05) is 21.5 Å². The maximum atomic E-state index is 6.67. The van der Waals surface area contributed by atoms with Gasteiger partial charge < -0.3 is 8.83 Å². The van der Waals surface area contributed by atoms with Crippen LogP contribution in [0.3, 0.4) is 0 Å². The average molecular weight is 991 g/mol. The van der Waals surface area contributed by atoms with E-state index in [-0.39, 0.29) is 5.41 Å². The molecule has 0 atom stereocenters. The molecule has 2 heteroatoms. The van der Waals surface area contributed by atoms with Crippen LogP contribution in [0.15, 0.2) is 233 Å². The quantitative estimate of drug-likeness (QED) is 0.164. The molecule has 2 heterocycles. The molecule has 0 bridgehead atoms. The van der Waals surface area contributed by atoms with E-state index in [0.29, 0.717) is 0 Å². The Balaban J connectivity index is 0.838. The van der Waals surface area contributed by atoms with Crippen LogP contribution in [-0.4, -0.2) is 0 Å². The van der Waals surface area contributed by atoms with Gasteiger partial charge in [0.05, 0.1) is 0 Å². The Hall–Kier alpha value is -9.76. The molecular weight excluding hydrogens is 945 g/mol. The van der Waals surface area contributed by atoms with Crippen LogP contribution in [0.2, 0.25) is 0 Å². The molecule has 0 N–H and O–H groups in total. The van der Waals surface area contributed by atoms with Gasteiger partial charge in [-0.2, -0.15) is 0 Å². The normalized spacial score (nSPS) is 12.8. The molecule has 0 radical (unpaired) electrons. The fourth-order valence-electron chi connectivity index (χ4n) is 14.0. The molecule has 18 rings (SSSR count). The zero-order valence-corrected chi connectivity index (χ0v) is 43.2. The summed E-state index contributed by atoms with van der Waals surface area (Å²) in [6, 6.07) is 84.4. The van der Waals surface area contributed by atoms with Crippen molar-refractivity contribution in [3.05, 3.63) is 230 Å². The van der Waals surface area contributed by atoms with Crippen molar-refractivity contribution in [3.8, 4) is 44.5 Å². The fraction of sp³-hybridized carbons (Fsp3) is 0.0526. The van der Waals surface area contributed by atoms with Crippen LogP contribution in [0.5, 0.6) is 0 Å². The van der Waals surface area contributed by atoms with Crippen molar-refractivity contribution in [1.29, 1.82) is 0 Å². The predicted octanol–water partition coefficient (Wildman–Crippen LogP) is 22.1. The van der Waals surface area contributed by atoms with E-state index >= 15 is 0 Å². The van der Waals surface area contributed by atoms with E-state index in [2.05, 4.69) is 245 Å². The second-order valence-electron chi connectivity index (χ2n) is 23.1. The number of benzene rings is 16. The molecule has 0 unspecified atom stereocenters. The third-order valence-electron chi connectivity index (χ3n) is 17.8. The summed E-state index contributed by atoms with van der Waals surface area (Å²) in [6.45, 7) is 6.93. The molecule has 2 nitrogen and oxygen atoms in total. The molecule has 0 saturated heterocycles. The molecule has 16 aromatic carbocycles. The largest absolute Gasteiger partial charge is 0.456 e. The maximum Gasteiger partial charge on any atom is 0.135 e. The lowest BCUT2D eigenvalue weighted by Gasteiger charge is -2.23. The van der Waals surface area contributed by atoms with E-state index in [1.807, 2.05) is 0 Å². The van der Waals surface area contributed by atoms with Crippen molar-refractivity contribution in [3.63, 3.8) is 0 Å². The van der Waals surface area contributed by atoms with E-state index in [1.54, 1.807) is 0 Å². The van der Waals surface area contributed by atoms with Crippen molar-refractivity contribution in [2.75, 3.05) is 0 Å². The van der Waals surface area contributed by atoms with Gasteiger partial charge in [0.1, 0.15) is 22.3 Å². The highest BCUT2D eigenvalue weighted by atomic mass is 16.3. The van der Waals surface area contributed by atoms with Gasteiger partial charge in [-0.15, -0.1) is 0 Å². The van der Waals surface area contributed by atoms with Crippen molar-refractivity contribution in [1.82, 2.24) is 0 Å². The molecule has 0 aliphatic rings. The Morgan fingerprint density at radius 1 is 0.231 bits per heavy atom. The van der Waals surface area contributed by atoms with E-state index < -0.39 is 0 Å². The third kappa shape index (κ3) is 5.81. The van der Waals surface area contributed by atoms with Crippen LogP contribution in [0.1, 0.15) is 26.3 Å². The summed E-state index contributed by atoms with van der Waals surface area (Å²) >= 11 is 0. The van der Waals surface area contributed by atoms with Crippen molar-refractivity contribution >= 4 is 141 Å². The van der Waals surface area contributed by atoms with Crippen molar-refractivity contribution in [2.24, 2.45) is 0 Å². The number of furan rings is 2. The molecule has 2 aromatic heterocycles. The summed E-state index contributed by atoms with van der Waals surface area (Å²) in [7, 11) is 0. The lowest BCUT2D eigenvalue weighted by atomic mass is 9.81. The highest BCUT2D eigenvalue weighted by Gasteiger charge is 2.23. The molecule has 0 saturated carbocycles. The Morgan fingerprint density at radius 3 is 0.923 bits per heavy atom. The van der Waals surface area contributed by atoms with Crippen LogP contribution in [0.4, 0.5) is 0 Å².